The summed E-state index contributed by atoms with van der Waals surface area (Å²) in [5.41, 5.74) is 10.1. The topological polar surface area (TPSA) is 58.0 Å². The van der Waals surface area contributed by atoms with Crippen LogP contribution in [0.25, 0.3) is 0 Å². The van der Waals surface area contributed by atoms with Crippen LogP contribution in [0.4, 0.5) is 11.5 Å². The van der Waals surface area contributed by atoms with Crippen LogP contribution in [-0.4, -0.2) is 17.7 Å². The van der Waals surface area contributed by atoms with Gasteiger partial charge in [0.05, 0.1) is 12.2 Å². The molecule has 1 aliphatic heterocycles. The first-order chi connectivity index (χ1) is 10.7. The maximum Gasteiger partial charge on any atom is 0.133 e. The van der Waals surface area contributed by atoms with E-state index < -0.39 is 0 Å². The van der Waals surface area contributed by atoms with Crippen molar-refractivity contribution in [2.45, 2.75) is 32.7 Å². The Kier molecular flexibility index (Phi) is 4.06. The van der Waals surface area contributed by atoms with Crippen molar-refractivity contribution < 1.29 is 0 Å². The quantitative estimate of drug-likeness (QED) is 0.945. The van der Waals surface area contributed by atoms with E-state index in [2.05, 4.69) is 34.6 Å². The molecule has 0 atom stereocenters. The molecule has 1 aromatic carbocycles. The Morgan fingerprint density at radius 3 is 2.59 bits per heavy atom. The van der Waals surface area contributed by atoms with E-state index in [1.165, 1.54) is 30.4 Å². The zero-order valence-electron chi connectivity index (χ0n) is 13.0. The lowest BCUT2D eigenvalue weighted by Crippen LogP contribution is -2.32. The molecule has 2 aromatic rings. The highest BCUT2D eigenvalue weighted by Gasteiger charge is 2.21. The standard InChI is InChI=1S/C18H22N4/c1-14-7-3-4-8-15(14)13-22-16(12-19)11-17(20)18(22)21-9-5-2-6-10-21/h3-4,7-8,11H,2,5-6,9-10,13,20H2,1H3. The summed E-state index contributed by atoms with van der Waals surface area (Å²) in [6.07, 6.45) is 3.66. The van der Waals surface area contributed by atoms with Gasteiger partial charge in [0.2, 0.25) is 0 Å². The van der Waals surface area contributed by atoms with E-state index >= 15 is 0 Å². The lowest BCUT2D eigenvalue weighted by Gasteiger charge is -2.30. The highest BCUT2D eigenvalue weighted by atomic mass is 15.3. The van der Waals surface area contributed by atoms with E-state index in [0.29, 0.717) is 17.9 Å². The second kappa shape index (κ2) is 6.15. The Balaban J connectivity index is 2.01. The fourth-order valence-corrected chi connectivity index (χ4v) is 3.23. The number of piperidine rings is 1. The molecule has 3 rings (SSSR count). The Morgan fingerprint density at radius 1 is 1.18 bits per heavy atom. The Bertz CT molecular complexity index is 702. The average molecular weight is 294 g/mol. The van der Waals surface area contributed by atoms with Gasteiger partial charge < -0.3 is 15.2 Å². The molecule has 0 aliphatic carbocycles. The number of nitrogens with two attached hydrogens (primary N) is 1. The van der Waals surface area contributed by atoms with Crippen molar-refractivity contribution in [2.24, 2.45) is 0 Å². The number of aromatic nitrogens is 1. The van der Waals surface area contributed by atoms with Gasteiger partial charge in [0, 0.05) is 13.1 Å². The van der Waals surface area contributed by atoms with Gasteiger partial charge in [0.15, 0.2) is 0 Å². The molecule has 0 spiro atoms. The molecular formula is C18H22N4. The maximum atomic E-state index is 9.46. The van der Waals surface area contributed by atoms with Gasteiger partial charge in [-0.25, -0.2) is 0 Å². The van der Waals surface area contributed by atoms with Crippen LogP contribution in [0.2, 0.25) is 0 Å². The summed E-state index contributed by atoms with van der Waals surface area (Å²) in [6.45, 7) is 4.84. The molecule has 1 saturated heterocycles. The number of aryl methyl sites for hydroxylation is 1. The number of nitrogen functional groups attached to an aromatic ring is 1. The number of nitriles is 1. The summed E-state index contributed by atoms with van der Waals surface area (Å²) in [5, 5.41) is 9.46. The average Bonchev–Trinajstić information content (AvgIpc) is 2.86. The smallest absolute Gasteiger partial charge is 0.133 e. The van der Waals surface area contributed by atoms with Crippen molar-refractivity contribution in [3.05, 3.63) is 47.2 Å². The third-order valence-corrected chi connectivity index (χ3v) is 4.46. The number of rotatable bonds is 3. The normalized spacial score (nSPS) is 14.8. The molecular weight excluding hydrogens is 272 g/mol. The molecule has 0 saturated carbocycles. The number of anilines is 2. The fourth-order valence-electron chi connectivity index (χ4n) is 3.23. The molecule has 1 aromatic heterocycles. The fraction of sp³-hybridized carbons (Fsp3) is 0.389. The Hall–Kier alpha value is -2.41. The Morgan fingerprint density at radius 2 is 1.91 bits per heavy atom. The van der Waals surface area contributed by atoms with Gasteiger partial charge in [-0.05, 0) is 43.4 Å². The predicted octanol–water partition coefficient (Wildman–Crippen LogP) is 3.29. The first-order valence-corrected chi connectivity index (χ1v) is 7.89. The molecule has 22 heavy (non-hydrogen) atoms. The molecule has 2 N–H and O–H groups in total. The van der Waals surface area contributed by atoms with E-state index in [1.807, 2.05) is 18.2 Å². The van der Waals surface area contributed by atoms with Crippen LogP contribution in [0.3, 0.4) is 0 Å². The van der Waals surface area contributed by atoms with Gasteiger partial charge in [0.25, 0.3) is 0 Å². The second-order valence-corrected chi connectivity index (χ2v) is 5.98. The van der Waals surface area contributed by atoms with E-state index in [-0.39, 0.29) is 0 Å². The second-order valence-electron chi connectivity index (χ2n) is 5.98. The number of benzene rings is 1. The number of hydrogen-bond donors (Lipinski definition) is 1. The van der Waals surface area contributed by atoms with Gasteiger partial charge in [-0.2, -0.15) is 5.26 Å². The van der Waals surface area contributed by atoms with Crippen molar-refractivity contribution in [2.75, 3.05) is 23.7 Å². The molecule has 4 heteroatoms. The minimum atomic E-state index is 0.640. The monoisotopic (exact) mass is 294 g/mol. The van der Waals surface area contributed by atoms with Gasteiger partial charge in [-0.1, -0.05) is 24.3 Å². The molecule has 0 radical (unpaired) electrons. The van der Waals surface area contributed by atoms with Gasteiger partial charge in [-0.15, -0.1) is 0 Å². The summed E-state index contributed by atoms with van der Waals surface area (Å²) in [6, 6.07) is 12.4. The SMILES string of the molecule is Cc1ccccc1Cn1c(C#N)cc(N)c1N1CCCCC1. The zero-order valence-corrected chi connectivity index (χ0v) is 13.0. The van der Waals surface area contributed by atoms with Crippen molar-refractivity contribution in [1.29, 1.82) is 5.26 Å². The van der Waals surface area contributed by atoms with Crippen molar-refractivity contribution in [1.82, 2.24) is 4.57 Å². The Labute approximate surface area is 131 Å². The van der Waals surface area contributed by atoms with E-state index in [0.717, 1.165) is 18.9 Å². The largest absolute Gasteiger partial charge is 0.396 e. The van der Waals surface area contributed by atoms with E-state index in [1.54, 1.807) is 0 Å². The molecule has 0 unspecified atom stereocenters. The minimum Gasteiger partial charge on any atom is -0.396 e. The van der Waals surface area contributed by atoms with E-state index in [4.69, 9.17) is 5.73 Å². The summed E-state index contributed by atoms with van der Waals surface area (Å²) in [4.78, 5) is 2.33. The van der Waals surface area contributed by atoms with Crippen LogP contribution in [0.1, 0.15) is 36.1 Å². The van der Waals surface area contributed by atoms with Crippen LogP contribution in [0.15, 0.2) is 30.3 Å². The third-order valence-electron chi connectivity index (χ3n) is 4.46. The highest BCUT2D eigenvalue weighted by molar-refractivity contribution is 5.68. The highest BCUT2D eigenvalue weighted by Crippen LogP contribution is 2.31. The van der Waals surface area contributed by atoms with E-state index in [9.17, 15) is 5.26 Å². The van der Waals surface area contributed by atoms with Crippen LogP contribution in [0.5, 0.6) is 0 Å². The minimum absolute atomic E-state index is 0.640. The first kappa shape index (κ1) is 14.5. The van der Waals surface area contributed by atoms with Crippen molar-refractivity contribution in [3.8, 4) is 6.07 Å². The predicted molar refractivity (Wildman–Crippen MR) is 89.9 cm³/mol. The molecule has 114 valence electrons. The van der Waals surface area contributed by atoms with Gasteiger partial charge >= 0.3 is 0 Å². The molecule has 1 aliphatic rings. The summed E-state index contributed by atoms with van der Waals surface area (Å²) >= 11 is 0. The number of hydrogen-bond acceptors (Lipinski definition) is 3. The molecule has 0 amide bonds. The van der Waals surface area contributed by atoms with Gasteiger partial charge in [0.1, 0.15) is 17.6 Å². The summed E-state index contributed by atoms with van der Waals surface area (Å²) < 4.78 is 2.07. The molecule has 2 heterocycles. The number of nitrogens with zero attached hydrogens (tertiary/aromatic N) is 3. The van der Waals surface area contributed by atoms with Crippen LogP contribution in [-0.2, 0) is 6.54 Å². The van der Waals surface area contributed by atoms with Crippen LogP contribution >= 0.6 is 0 Å². The zero-order chi connectivity index (χ0) is 15.5. The summed E-state index contributed by atoms with van der Waals surface area (Å²) in [7, 11) is 0. The maximum absolute atomic E-state index is 9.46. The lowest BCUT2D eigenvalue weighted by molar-refractivity contribution is 0.564. The lowest BCUT2D eigenvalue weighted by atomic mass is 10.1. The third kappa shape index (κ3) is 2.67. The van der Waals surface area contributed by atoms with Gasteiger partial charge in [-0.3, -0.25) is 0 Å². The summed E-state index contributed by atoms with van der Waals surface area (Å²) in [5.74, 6) is 1.01. The first-order valence-electron chi connectivity index (χ1n) is 7.89. The van der Waals surface area contributed by atoms with Crippen molar-refractivity contribution >= 4 is 11.5 Å². The van der Waals surface area contributed by atoms with Crippen LogP contribution < -0.4 is 10.6 Å². The van der Waals surface area contributed by atoms with Crippen molar-refractivity contribution in [3.63, 3.8) is 0 Å². The molecule has 1 fully saturated rings. The molecule has 4 nitrogen and oxygen atoms in total. The van der Waals surface area contributed by atoms with Crippen LogP contribution in [0, 0.1) is 18.3 Å². The molecule has 0 bridgehead atoms.